The van der Waals surface area contributed by atoms with Crippen LogP contribution in [0, 0.1) is 0 Å². The van der Waals surface area contributed by atoms with Gasteiger partial charge in [0.1, 0.15) is 0 Å². The van der Waals surface area contributed by atoms with E-state index in [9.17, 15) is 13.2 Å². The number of halogens is 3. The van der Waals surface area contributed by atoms with Gasteiger partial charge in [-0.15, -0.1) is 0 Å². The maximum Gasteiger partial charge on any atom is 0.269 e. The van der Waals surface area contributed by atoms with Crippen molar-refractivity contribution in [2.45, 2.75) is 68.9 Å². The minimum absolute atomic E-state index is 0.133. The summed E-state index contributed by atoms with van der Waals surface area (Å²) in [5.41, 5.74) is 0.855. The topological polar surface area (TPSA) is 18.5 Å². The Morgan fingerprint density at radius 3 is 2.14 bits per heavy atom. The average Bonchev–Trinajstić information content (AvgIpc) is 2.54. The van der Waals surface area contributed by atoms with Crippen molar-refractivity contribution in [3.8, 4) is 0 Å². The summed E-state index contributed by atoms with van der Waals surface area (Å²) in [6.07, 6.45) is 1.54. The summed E-state index contributed by atoms with van der Waals surface area (Å²) in [5, 5.41) is 0. The third-order valence-electron chi connectivity index (χ3n) is 4.44. The fraction of sp³-hybridized carbons (Fsp3) is 0.867. The zero-order valence-corrected chi connectivity index (χ0v) is 15.4. The van der Waals surface area contributed by atoms with Gasteiger partial charge in [-0.3, -0.25) is 0 Å². The van der Waals surface area contributed by atoms with Crippen molar-refractivity contribution in [1.29, 1.82) is 0 Å². The number of hydrogen-bond acceptors (Lipinski definition) is 2. The van der Waals surface area contributed by atoms with Crippen molar-refractivity contribution >= 4 is 18.1 Å². The molecule has 0 aliphatic carbocycles. The van der Waals surface area contributed by atoms with E-state index in [4.69, 9.17) is 8.85 Å². The van der Waals surface area contributed by atoms with Crippen LogP contribution in [0.3, 0.4) is 0 Å². The Morgan fingerprint density at radius 1 is 0.955 bits per heavy atom. The first-order chi connectivity index (χ1) is 10.6. The minimum atomic E-state index is -2.89. The van der Waals surface area contributed by atoms with Gasteiger partial charge in [0.05, 0.1) is 0 Å². The standard InChI is InChI=1S/C15H27F3O2Si2/c16-14(15(17)18)11-13(12-22-9-4-2-7-20-22)5-10-21-8-3-1-6-19-21/h5,14-15,21-22H,1-4,6-12H2. The van der Waals surface area contributed by atoms with Crippen LogP contribution < -0.4 is 0 Å². The second-order valence-electron chi connectivity index (χ2n) is 6.33. The van der Waals surface area contributed by atoms with Gasteiger partial charge >= 0.3 is 0 Å². The Kier molecular flexibility index (Phi) is 8.20. The highest BCUT2D eigenvalue weighted by Gasteiger charge is 2.25. The van der Waals surface area contributed by atoms with Gasteiger partial charge in [0, 0.05) is 19.6 Å². The Morgan fingerprint density at radius 2 is 1.59 bits per heavy atom. The molecule has 0 aromatic rings. The maximum absolute atomic E-state index is 13.5. The lowest BCUT2D eigenvalue weighted by Crippen LogP contribution is -2.25. The van der Waals surface area contributed by atoms with Crippen LogP contribution in [0.15, 0.2) is 11.6 Å². The van der Waals surface area contributed by atoms with E-state index in [0.29, 0.717) is 0 Å². The summed E-state index contributed by atoms with van der Waals surface area (Å²) in [6.45, 7) is 1.63. The van der Waals surface area contributed by atoms with Crippen LogP contribution in [0.4, 0.5) is 13.2 Å². The van der Waals surface area contributed by atoms with Crippen molar-refractivity contribution in [3.05, 3.63) is 11.6 Å². The molecule has 0 amide bonds. The summed E-state index contributed by atoms with van der Waals surface area (Å²) in [4.78, 5) is 0. The van der Waals surface area contributed by atoms with Crippen LogP contribution in [0.1, 0.15) is 32.1 Å². The van der Waals surface area contributed by atoms with Gasteiger partial charge in [-0.05, 0) is 37.0 Å². The van der Waals surface area contributed by atoms with E-state index in [1.165, 1.54) is 12.8 Å². The van der Waals surface area contributed by atoms with Crippen molar-refractivity contribution in [2.75, 3.05) is 13.2 Å². The van der Waals surface area contributed by atoms with Crippen molar-refractivity contribution in [2.24, 2.45) is 0 Å². The first-order valence-corrected chi connectivity index (χ1v) is 12.7. The summed E-state index contributed by atoms with van der Waals surface area (Å²) in [6, 6.07) is 3.82. The summed E-state index contributed by atoms with van der Waals surface area (Å²) >= 11 is 0. The largest absolute Gasteiger partial charge is 0.420 e. The molecule has 0 aromatic heterocycles. The first kappa shape index (κ1) is 18.2. The zero-order chi connectivity index (χ0) is 15.8. The van der Waals surface area contributed by atoms with E-state index in [0.717, 1.165) is 55.8 Å². The number of allylic oxidation sites excluding steroid dienone is 2. The molecular weight excluding hydrogens is 325 g/mol. The van der Waals surface area contributed by atoms with Gasteiger partial charge in [-0.25, -0.2) is 13.2 Å². The van der Waals surface area contributed by atoms with Gasteiger partial charge in [0.15, 0.2) is 24.3 Å². The summed E-state index contributed by atoms with van der Waals surface area (Å²) < 4.78 is 50.1. The van der Waals surface area contributed by atoms with Crippen molar-refractivity contribution in [1.82, 2.24) is 0 Å². The minimum Gasteiger partial charge on any atom is -0.420 e. The lowest BCUT2D eigenvalue weighted by Gasteiger charge is -2.24. The molecule has 0 spiro atoms. The van der Waals surface area contributed by atoms with Gasteiger partial charge in [-0.1, -0.05) is 24.5 Å². The van der Waals surface area contributed by atoms with E-state index >= 15 is 0 Å². The Hall–Kier alpha value is -0.116. The molecule has 2 nitrogen and oxygen atoms in total. The summed E-state index contributed by atoms with van der Waals surface area (Å²) in [7, 11) is -2.57. The molecule has 0 aromatic carbocycles. The Labute approximate surface area is 134 Å². The van der Waals surface area contributed by atoms with Gasteiger partial charge < -0.3 is 8.85 Å². The highest BCUT2D eigenvalue weighted by molar-refractivity contribution is 6.53. The van der Waals surface area contributed by atoms with E-state index in [-0.39, 0.29) is 6.42 Å². The quantitative estimate of drug-likeness (QED) is 0.510. The molecule has 3 atom stereocenters. The maximum atomic E-state index is 13.5. The molecule has 3 unspecified atom stereocenters. The van der Waals surface area contributed by atoms with Crippen LogP contribution in [0.25, 0.3) is 0 Å². The van der Waals surface area contributed by atoms with Crippen LogP contribution >= 0.6 is 0 Å². The molecule has 2 aliphatic heterocycles. The second kappa shape index (κ2) is 9.90. The molecule has 0 N–H and O–H groups in total. The number of rotatable bonds is 7. The molecule has 0 saturated carbocycles. The highest BCUT2D eigenvalue weighted by atomic mass is 28.3. The van der Waals surface area contributed by atoms with Gasteiger partial charge in [0.25, 0.3) is 6.43 Å². The Balaban J connectivity index is 1.89. The SMILES string of the molecule is FC(F)C(F)CC(=CC[SiH]1CCCCO1)C[SiH]1CCCCO1. The van der Waals surface area contributed by atoms with E-state index in [1.807, 2.05) is 6.08 Å². The van der Waals surface area contributed by atoms with Gasteiger partial charge in [0.2, 0.25) is 0 Å². The predicted octanol–water partition coefficient (Wildman–Crippen LogP) is 3.97. The third-order valence-corrected chi connectivity index (χ3v) is 9.70. The molecule has 2 rings (SSSR count). The molecule has 128 valence electrons. The fourth-order valence-electron chi connectivity index (χ4n) is 3.14. The highest BCUT2D eigenvalue weighted by Crippen LogP contribution is 2.25. The van der Waals surface area contributed by atoms with Crippen LogP contribution in [-0.4, -0.2) is 43.9 Å². The monoisotopic (exact) mass is 352 g/mol. The fourth-order valence-corrected chi connectivity index (χ4v) is 8.17. The molecule has 2 heterocycles. The summed E-state index contributed by atoms with van der Waals surface area (Å²) in [5.74, 6) is 0. The van der Waals surface area contributed by atoms with Crippen LogP contribution in [0.2, 0.25) is 24.2 Å². The average molecular weight is 353 g/mol. The lowest BCUT2D eigenvalue weighted by atomic mass is 10.1. The van der Waals surface area contributed by atoms with Crippen LogP contribution in [-0.2, 0) is 8.85 Å². The molecule has 0 radical (unpaired) electrons. The third kappa shape index (κ3) is 6.56. The number of hydrogen-bond donors (Lipinski definition) is 0. The predicted molar refractivity (Wildman–Crippen MR) is 87.5 cm³/mol. The lowest BCUT2D eigenvalue weighted by molar-refractivity contribution is 0.0502. The number of alkyl halides is 3. The molecule has 0 bridgehead atoms. The van der Waals surface area contributed by atoms with Crippen molar-refractivity contribution < 1.29 is 22.0 Å². The molecule has 2 saturated heterocycles. The second-order valence-corrected chi connectivity index (χ2v) is 11.5. The normalized spacial score (nSPS) is 28.8. The molecule has 2 fully saturated rings. The van der Waals surface area contributed by atoms with Crippen LogP contribution in [0.5, 0.6) is 0 Å². The molecule has 2 aliphatic rings. The molecular formula is C15H27F3O2Si2. The molecule has 22 heavy (non-hydrogen) atoms. The Bertz CT molecular complexity index is 344. The van der Waals surface area contributed by atoms with Crippen molar-refractivity contribution in [3.63, 3.8) is 0 Å². The molecule has 7 heteroatoms. The van der Waals surface area contributed by atoms with E-state index < -0.39 is 30.7 Å². The zero-order valence-electron chi connectivity index (χ0n) is 13.1. The van der Waals surface area contributed by atoms with E-state index in [1.54, 1.807) is 0 Å². The first-order valence-electron chi connectivity index (χ1n) is 8.48. The van der Waals surface area contributed by atoms with E-state index in [2.05, 4.69) is 0 Å². The smallest absolute Gasteiger partial charge is 0.269 e. The van der Waals surface area contributed by atoms with Gasteiger partial charge in [-0.2, -0.15) is 0 Å².